The Kier molecular flexibility index (Phi) is 5.05. The minimum atomic E-state index is -0.129. The molecule has 1 aromatic carbocycles. The smallest absolute Gasteiger partial charge is 0.306 e. The molecule has 1 fully saturated rings. The molecule has 0 saturated carbocycles. The third-order valence-electron chi connectivity index (χ3n) is 3.41. The van der Waals surface area contributed by atoms with Crippen molar-refractivity contribution < 1.29 is 9.53 Å². The van der Waals surface area contributed by atoms with Gasteiger partial charge >= 0.3 is 5.97 Å². The number of aryl methyl sites for hydroxylation is 1. The summed E-state index contributed by atoms with van der Waals surface area (Å²) < 4.78 is 5.40. The fourth-order valence-electron chi connectivity index (χ4n) is 2.26. The van der Waals surface area contributed by atoms with Crippen LogP contribution in [0.15, 0.2) is 30.3 Å². The maximum absolute atomic E-state index is 11.7. The molecule has 1 atom stereocenters. The third kappa shape index (κ3) is 4.07. The monoisotopic (exact) mass is 318 g/mol. The molecular weight excluding hydrogens is 300 g/mol. The van der Waals surface area contributed by atoms with Crippen LogP contribution in [0.5, 0.6) is 0 Å². The lowest BCUT2D eigenvalue weighted by atomic mass is 10.2. The molecule has 116 valence electrons. The topological polar surface area (TPSA) is 69.9 Å². The van der Waals surface area contributed by atoms with Crippen LogP contribution in [-0.2, 0) is 16.1 Å². The van der Waals surface area contributed by atoms with Gasteiger partial charge in [0, 0.05) is 17.7 Å². The lowest BCUT2D eigenvalue weighted by Crippen LogP contribution is -2.17. The van der Waals surface area contributed by atoms with Crippen molar-refractivity contribution in [1.29, 1.82) is 0 Å². The van der Waals surface area contributed by atoms with E-state index in [1.165, 1.54) is 4.80 Å². The molecule has 3 rings (SSSR count). The summed E-state index contributed by atoms with van der Waals surface area (Å²) in [4.78, 5) is 13.2. The summed E-state index contributed by atoms with van der Waals surface area (Å²) in [5.74, 6) is 2.49. The Morgan fingerprint density at radius 1 is 1.36 bits per heavy atom. The van der Waals surface area contributed by atoms with E-state index in [0.29, 0.717) is 25.2 Å². The fourth-order valence-corrected chi connectivity index (χ4v) is 3.35. The molecule has 1 aliphatic heterocycles. The van der Waals surface area contributed by atoms with Gasteiger partial charge in [0.25, 0.3) is 0 Å². The van der Waals surface area contributed by atoms with Crippen LogP contribution in [0.4, 0.5) is 0 Å². The Hall–Kier alpha value is -1.89. The Balaban J connectivity index is 1.44. The van der Waals surface area contributed by atoms with E-state index in [4.69, 9.17) is 4.74 Å². The number of esters is 1. The van der Waals surface area contributed by atoms with Gasteiger partial charge in [0.15, 0.2) is 0 Å². The second kappa shape index (κ2) is 7.40. The molecule has 0 spiro atoms. The number of rotatable bonds is 6. The predicted octanol–water partition coefficient (Wildman–Crippen LogP) is 2.17. The van der Waals surface area contributed by atoms with Gasteiger partial charge in [-0.1, -0.05) is 30.3 Å². The molecule has 0 aliphatic carbocycles. The maximum atomic E-state index is 11.7. The number of tetrazole rings is 1. The van der Waals surface area contributed by atoms with Crippen LogP contribution >= 0.6 is 11.8 Å². The summed E-state index contributed by atoms with van der Waals surface area (Å²) in [6.45, 7) is 0.564. The van der Waals surface area contributed by atoms with Crippen molar-refractivity contribution >= 4 is 17.7 Å². The molecule has 6 nitrogen and oxygen atoms in total. The third-order valence-corrected chi connectivity index (χ3v) is 4.54. The molecule has 1 unspecified atom stereocenters. The van der Waals surface area contributed by atoms with E-state index in [0.717, 1.165) is 23.5 Å². The first-order valence-corrected chi connectivity index (χ1v) is 8.57. The Morgan fingerprint density at radius 2 is 2.23 bits per heavy atom. The van der Waals surface area contributed by atoms with Crippen molar-refractivity contribution in [2.45, 2.75) is 31.9 Å². The highest BCUT2D eigenvalue weighted by Gasteiger charge is 2.19. The number of nitrogens with zero attached hydrogens (tertiary/aromatic N) is 4. The van der Waals surface area contributed by atoms with Gasteiger partial charge in [-0.05, 0) is 23.8 Å². The molecule has 0 bridgehead atoms. The van der Waals surface area contributed by atoms with E-state index in [2.05, 4.69) is 15.4 Å². The van der Waals surface area contributed by atoms with Gasteiger partial charge < -0.3 is 4.74 Å². The second-order valence-electron chi connectivity index (χ2n) is 5.15. The summed E-state index contributed by atoms with van der Waals surface area (Å²) in [7, 11) is 0. The van der Waals surface area contributed by atoms with Gasteiger partial charge in [-0.25, -0.2) is 0 Å². The SMILES string of the molecule is O=C(CCCn1nnc(-c2ccccc2)n1)OC1CCSC1. The van der Waals surface area contributed by atoms with Gasteiger partial charge in [0.05, 0.1) is 6.54 Å². The zero-order valence-electron chi connectivity index (χ0n) is 12.2. The van der Waals surface area contributed by atoms with Gasteiger partial charge in [-0.15, -0.1) is 10.2 Å². The van der Waals surface area contributed by atoms with Crippen LogP contribution in [0.2, 0.25) is 0 Å². The first-order valence-electron chi connectivity index (χ1n) is 7.42. The van der Waals surface area contributed by atoms with E-state index >= 15 is 0 Å². The van der Waals surface area contributed by atoms with Crippen molar-refractivity contribution in [1.82, 2.24) is 20.2 Å². The molecule has 2 aromatic rings. The highest BCUT2D eigenvalue weighted by molar-refractivity contribution is 7.99. The Morgan fingerprint density at radius 3 is 3.00 bits per heavy atom. The maximum Gasteiger partial charge on any atom is 0.306 e. The quantitative estimate of drug-likeness (QED) is 0.760. The highest BCUT2D eigenvalue weighted by atomic mass is 32.2. The van der Waals surface area contributed by atoms with Crippen LogP contribution < -0.4 is 0 Å². The molecule has 0 radical (unpaired) electrons. The number of thioether (sulfide) groups is 1. The number of carbonyl (C=O) groups excluding carboxylic acids is 1. The fraction of sp³-hybridized carbons (Fsp3) is 0.467. The molecule has 7 heteroatoms. The molecule has 1 aliphatic rings. The number of hydrogen-bond acceptors (Lipinski definition) is 6. The largest absolute Gasteiger partial charge is 0.461 e. The molecule has 1 aromatic heterocycles. The summed E-state index contributed by atoms with van der Waals surface area (Å²) in [6, 6.07) is 9.71. The average Bonchev–Trinajstić information content (AvgIpc) is 3.20. The first-order chi connectivity index (χ1) is 10.8. The van der Waals surface area contributed by atoms with E-state index in [1.807, 2.05) is 42.1 Å². The van der Waals surface area contributed by atoms with Crippen molar-refractivity contribution in [3.05, 3.63) is 30.3 Å². The summed E-state index contributed by atoms with van der Waals surface area (Å²) in [6.07, 6.45) is 2.13. The predicted molar refractivity (Wildman–Crippen MR) is 84.3 cm³/mol. The summed E-state index contributed by atoms with van der Waals surface area (Å²) >= 11 is 1.84. The zero-order chi connectivity index (χ0) is 15.2. The number of hydrogen-bond donors (Lipinski definition) is 0. The lowest BCUT2D eigenvalue weighted by Gasteiger charge is -2.10. The van der Waals surface area contributed by atoms with Crippen LogP contribution in [-0.4, -0.2) is 43.8 Å². The Bertz CT molecular complexity index is 611. The minimum Gasteiger partial charge on any atom is -0.461 e. The van der Waals surface area contributed by atoms with Crippen LogP contribution in [0.1, 0.15) is 19.3 Å². The molecule has 22 heavy (non-hydrogen) atoms. The van der Waals surface area contributed by atoms with Gasteiger partial charge in [-0.2, -0.15) is 16.6 Å². The number of carbonyl (C=O) groups is 1. The summed E-state index contributed by atoms with van der Waals surface area (Å²) in [5.41, 5.74) is 0.937. The van der Waals surface area contributed by atoms with Crippen LogP contribution in [0, 0.1) is 0 Å². The van der Waals surface area contributed by atoms with Gasteiger partial charge in [0.1, 0.15) is 6.10 Å². The van der Waals surface area contributed by atoms with E-state index in [1.54, 1.807) is 0 Å². The number of ether oxygens (including phenoxy) is 1. The molecule has 1 saturated heterocycles. The molecule has 2 heterocycles. The van der Waals surface area contributed by atoms with E-state index in [-0.39, 0.29) is 12.1 Å². The molecule has 0 amide bonds. The zero-order valence-corrected chi connectivity index (χ0v) is 13.0. The van der Waals surface area contributed by atoms with Crippen molar-refractivity contribution in [3.8, 4) is 11.4 Å². The normalized spacial score (nSPS) is 17.5. The first kappa shape index (κ1) is 15.0. The number of benzene rings is 1. The number of aromatic nitrogens is 4. The van der Waals surface area contributed by atoms with E-state index < -0.39 is 0 Å². The Labute approximate surface area is 133 Å². The van der Waals surface area contributed by atoms with Crippen molar-refractivity contribution in [2.24, 2.45) is 0 Å². The average molecular weight is 318 g/mol. The van der Waals surface area contributed by atoms with Crippen molar-refractivity contribution in [3.63, 3.8) is 0 Å². The highest BCUT2D eigenvalue weighted by Crippen LogP contribution is 2.20. The van der Waals surface area contributed by atoms with E-state index in [9.17, 15) is 4.79 Å². The minimum absolute atomic E-state index is 0.103. The molecule has 0 N–H and O–H groups in total. The standard InChI is InChI=1S/C15H18N4O2S/c20-14(21-13-8-10-22-11-13)7-4-9-19-17-15(16-18-19)12-5-2-1-3-6-12/h1-3,5-6,13H,4,7-11H2. The van der Waals surface area contributed by atoms with Gasteiger partial charge in [-0.3, -0.25) is 4.79 Å². The second-order valence-corrected chi connectivity index (χ2v) is 6.30. The van der Waals surface area contributed by atoms with Crippen molar-refractivity contribution in [2.75, 3.05) is 11.5 Å². The van der Waals surface area contributed by atoms with Gasteiger partial charge in [0.2, 0.25) is 5.82 Å². The van der Waals surface area contributed by atoms with Crippen LogP contribution in [0.25, 0.3) is 11.4 Å². The molecular formula is C15H18N4O2S. The lowest BCUT2D eigenvalue weighted by molar-refractivity contribution is -0.148. The summed E-state index contributed by atoms with van der Waals surface area (Å²) in [5, 5.41) is 12.4. The van der Waals surface area contributed by atoms with Crippen LogP contribution in [0.3, 0.4) is 0 Å².